The summed E-state index contributed by atoms with van der Waals surface area (Å²) in [6.07, 6.45) is 3.15. The van der Waals surface area contributed by atoms with E-state index in [4.69, 9.17) is 4.74 Å². The Labute approximate surface area is 132 Å². The maximum Gasteiger partial charge on any atom is 0.220 e. The molecule has 0 radical (unpaired) electrons. The average Bonchev–Trinajstić information content (AvgIpc) is 3.39. The van der Waals surface area contributed by atoms with E-state index in [2.05, 4.69) is 34.5 Å². The van der Waals surface area contributed by atoms with Crippen molar-refractivity contribution in [3.8, 4) is 0 Å². The Morgan fingerprint density at radius 3 is 2.64 bits per heavy atom. The van der Waals surface area contributed by atoms with E-state index in [0.717, 1.165) is 39.4 Å². The van der Waals surface area contributed by atoms with Crippen molar-refractivity contribution in [1.29, 1.82) is 0 Å². The van der Waals surface area contributed by atoms with E-state index in [1.807, 2.05) is 6.07 Å². The summed E-state index contributed by atoms with van der Waals surface area (Å²) in [5.41, 5.74) is 1.31. The van der Waals surface area contributed by atoms with Crippen LogP contribution in [0.25, 0.3) is 0 Å². The molecule has 1 heterocycles. The van der Waals surface area contributed by atoms with Crippen LogP contribution in [0.3, 0.4) is 0 Å². The molecule has 1 N–H and O–H groups in total. The van der Waals surface area contributed by atoms with Gasteiger partial charge >= 0.3 is 0 Å². The molecule has 1 saturated carbocycles. The first-order valence-corrected chi connectivity index (χ1v) is 8.44. The van der Waals surface area contributed by atoms with Gasteiger partial charge in [0.1, 0.15) is 0 Å². The zero-order valence-electron chi connectivity index (χ0n) is 13.2. The number of benzene rings is 1. The van der Waals surface area contributed by atoms with Crippen molar-refractivity contribution >= 4 is 5.91 Å². The zero-order chi connectivity index (χ0) is 15.2. The lowest BCUT2D eigenvalue weighted by Gasteiger charge is -2.26. The summed E-state index contributed by atoms with van der Waals surface area (Å²) in [5.74, 6) is 1.28. The van der Waals surface area contributed by atoms with Crippen LogP contribution in [0, 0.1) is 5.92 Å². The lowest BCUT2D eigenvalue weighted by atomic mass is 9.91. The van der Waals surface area contributed by atoms with Crippen molar-refractivity contribution in [2.75, 3.05) is 39.4 Å². The molecule has 3 rings (SSSR count). The molecule has 1 aliphatic heterocycles. The zero-order valence-corrected chi connectivity index (χ0v) is 13.2. The van der Waals surface area contributed by atoms with E-state index >= 15 is 0 Å². The van der Waals surface area contributed by atoms with Crippen molar-refractivity contribution < 1.29 is 9.53 Å². The molecule has 0 bridgehead atoms. The van der Waals surface area contributed by atoms with Crippen LogP contribution in [0.5, 0.6) is 0 Å². The predicted molar refractivity (Wildman–Crippen MR) is 86.8 cm³/mol. The van der Waals surface area contributed by atoms with Crippen molar-refractivity contribution in [2.45, 2.75) is 25.2 Å². The van der Waals surface area contributed by atoms with Crippen LogP contribution in [0.4, 0.5) is 0 Å². The van der Waals surface area contributed by atoms with Crippen LogP contribution in [0.1, 0.15) is 30.7 Å². The maximum absolute atomic E-state index is 12.2. The van der Waals surface area contributed by atoms with Gasteiger partial charge in [-0.25, -0.2) is 0 Å². The fraction of sp³-hybridized carbons (Fsp3) is 0.611. The molecule has 1 aromatic rings. The molecule has 120 valence electrons. The largest absolute Gasteiger partial charge is 0.379 e. The smallest absolute Gasteiger partial charge is 0.220 e. The number of carbonyl (C=O) groups is 1. The van der Waals surface area contributed by atoms with Crippen LogP contribution in [0.15, 0.2) is 30.3 Å². The van der Waals surface area contributed by atoms with Gasteiger partial charge in [0.15, 0.2) is 0 Å². The van der Waals surface area contributed by atoms with Crippen LogP contribution in [0.2, 0.25) is 0 Å². The normalized spacial score (nSPS) is 20.5. The standard InChI is InChI=1S/C18H26N2O2/c21-18(19-8-9-20-10-12-22-13-11-20)14-17(16-6-7-16)15-4-2-1-3-5-15/h1-5,16-17H,6-14H2,(H,19,21). The molecular weight excluding hydrogens is 276 g/mol. The van der Waals surface area contributed by atoms with Crippen molar-refractivity contribution in [3.63, 3.8) is 0 Å². The topological polar surface area (TPSA) is 41.6 Å². The SMILES string of the molecule is O=C(CC(c1ccccc1)C1CC1)NCCN1CCOCC1. The highest BCUT2D eigenvalue weighted by Gasteiger charge is 2.33. The number of morpholine rings is 1. The summed E-state index contributed by atoms with van der Waals surface area (Å²) in [4.78, 5) is 14.6. The first kappa shape index (κ1) is 15.5. The fourth-order valence-electron chi connectivity index (χ4n) is 3.21. The maximum atomic E-state index is 12.2. The second-order valence-electron chi connectivity index (χ2n) is 6.36. The van der Waals surface area contributed by atoms with E-state index < -0.39 is 0 Å². The number of nitrogens with zero attached hydrogens (tertiary/aromatic N) is 1. The third kappa shape index (κ3) is 4.55. The van der Waals surface area contributed by atoms with Gasteiger partial charge in [-0.1, -0.05) is 30.3 Å². The number of carbonyl (C=O) groups excluding carboxylic acids is 1. The van der Waals surface area contributed by atoms with Gasteiger partial charge in [0.25, 0.3) is 0 Å². The number of nitrogens with one attached hydrogen (secondary N) is 1. The van der Waals surface area contributed by atoms with Gasteiger partial charge in [-0.05, 0) is 30.2 Å². The Morgan fingerprint density at radius 1 is 1.23 bits per heavy atom. The lowest BCUT2D eigenvalue weighted by molar-refractivity contribution is -0.121. The molecular formula is C18H26N2O2. The number of rotatable bonds is 7. The van der Waals surface area contributed by atoms with Crippen molar-refractivity contribution in [2.24, 2.45) is 5.92 Å². The molecule has 1 atom stereocenters. The van der Waals surface area contributed by atoms with Gasteiger partial charge in [-0.2, -0.15) is 0 Å². The Balaban J connectivity index is 1.43. The van der Waals surface area contributed by atoms with E-state index in [-0.39, 0.29) is 5.91 Å². The Kier molecular flexibility index (Phi) is 5.46. The van der Waals surface area contributed by atoms with Gasteiger partial charge in [0, 0.05) is 32.6 Å². The van der Waals surface area contributed by atoms with Gasteiger partial charge in [0.2, 0.25) is 5.91 Å². The number of amides is 1. The van der Waals surface area contributed by atoms with Crippen LogP contribution < -0.4 is 5.32 Å². The highest BCUT2D eigenvalue weighted by Crippen LogP contribution is 2.44. The van der Waals surface area contributed by atoms with E-state index in [0.29, 0.717) is 18.3 Å². The monoisotopic (exact) mass is 302 g/mol. The van der Waals surface area contributed by atoms with Gasteiger partial charge in [-0.3, -0.25) is 9.69 Å². The molecule has 1 aromatic carbocycles. The minimum Gasteiger partial charge on any atom is -0.379 e. The van der Waals surface area contributed by atoms with Crippen molar-refractivity contribution in [1.82, 2.24) is 10.2 Å². The van der Waals surface area contributed by atoms with Crippen LogP contribution >= 0.6 is 0 Å². The molecule has 0 spiro atoms. The lowest BCUT2D eigenvalue weighted by Crippen LogP contribution is -2.41. The predicted octanol–water partition coefficient (Wildman–Crippen LogP) is 2.02. The highest BCUT2D eigenvalue weighted by atomic mass is 16.5. The summed E-state index contributed by atoms with van der Waals surface area (Å²) in [6.45, 7) is 5.24. The molecule has 1 unspecified atom stereocenters. The second-order valence-corrected chi connectivity index (χ2v) is 6.36. The molecule has 1 saturated heterocycles. The molecule has 2 fully saturated rings. The Morgan fingerprint density at radius 2 is 1.95 bits per heavy atom. The van der Waals surface area contributed by atoms with Crippen LogP contribution in [-0.4, -0.2) is 50.2 Å². The molecule has 1 aliphatic carbocycles. The van der Waals surface area contributed by atoms with Gasteiger partial charge in [0.05, 0.1) is 13.2 Å². The fourth-order valence-corrected chi connectivity index (χ4v) is 3.21. The first-order valence-electron chi connectivity index (χ1n) is 8.44. The van der Waals surface area contributed by atoms with E-state index in [9.17, 15) is 4.79 Å². The average molecular weight is 302 g/mol. The van der Waals surface area contributed by atoms with Gasteiger partial charge in [-0.15, -0.1) is 0 Å². The quantitative estimate of drug-likeness (QED) is 0.838. The number of hydrogen-bond donors (Lipinski definition) is 1. The molecule has 4 heteroatoms. The minimum atomic E-state index is 0.189. The highest BCUT2D eigenvalue weighted by molar-refractivity contribution is 5.77. The molecule has 1 amide bonds. The summed E-state index contributed by atoms with van der Waals surface area (Å²) >= 11 is 0. The number of ether oxygens (including phenoxy) is 1. The molecule has 22 heavy (non-hydrogen) atoms. The number of hydrogen-bond acceptors (Lipinski definition) is 3. The first-order chi connectivity index (χ1) is 10.8. The van der Waals surface area contributed by atoms with Gasteiger partial charge < -0.3 is 10.1 Å². The Bertz CT molecular complexity index is 467. The summed E-state index contributed by atoms with van der Waals surface area (Å²) in [6, 6.07) is 10.5. The Hall–Kier alpha value is -1.39. The second kappa shape index (κ2) is 7.75. The summed E-state index contributed by atoms with van der Waals surface area (Å²) < 4.78 is 5.33. The third-order valence-electron chi connectivity index (χ3n) is 4.68. The van der Waals surface area contributed by atoms with E-state index in [1.165, 1.54) is 18.4 Å². The van der Waals surface area contributed by atoms with Crippen LogP contribution in [-0.2, 0) is 9.53 Å². The van der Waals surface area contributed by atoms with Crippen molar-refractivity contribution in [3.05, 3.63) is 35.9 Å². The molecule has 2 aliphatic rings. The van der Waals surface area contributed by atoms with E-state index in [1.54, 1.807) is 0 Å². The summed E-state index contributed by atoms with van der Waals surface area (Å²) in [7, 11) is 0. The molecule has 4 nitrogen and oxygen atoms in total. The summed E-state index contributed by atoms with van der Waals surface area (Å²) in [5, 5.41) is 3.09. The minimum absolute atomic E-state index is 0.189. The third-order valence-corrected chi connectivity index (χ3v) is 4.68. The molecule has 0 aromatic heterocycles.